The monoisotopic (exact) mass is 270 g/mol. The van der Waals surface area contributed by atoms with Gasteiger partial charge in [-0.1, -0.05) is 22.0 Å². The lowest BCUT2D eigenvalue weighted by atomic mass is 10.2. The zero-order valence-corrected chi connectivity index (χ0v) is 11.1. The lowest BCUT2D eigenvalue weighted by molar-refractivity contribution is 0.211. The lowest BCUT2D eigenvalue weighted by Gasteiger charge is -2.25. The van der Waals surface area contributed by atoms with Crippen molar-refractivity contribution in [3.05, 3.63) is 30.1 Å². The summed E-state index contributed by atoms with van der Waals surface area (Å²) in [6.45, 7) is 6.54. The number of aromatic nitrogens is 1. The topological polar surface area (TPSA) is 16.1 Å². The van der Waals surface area contributed by atoms with Gasteiger partial charge >= 0.3 is 0 Å². The molecule has 0 N–H and O–H groups in total. The molecule has 84 valence electrons. The third-order valence-electron chi connectivity index (χ3n) is 2.40. The van der Waals surface area contributed by atoms with Crippen LogP contribution in [0.5, 0.6) is 0 Å². The zero-order valence-electron chi connectivity index (χ0n) is 9.49. The maximum Gasteiger partial charge on any atom is 0.0544 e. The average molecular weight is 271 g/mol. The smallest absolute Gasteiger partial charge is 0.0544 e. The standard InChI is InChI=1S/C12H19BrN2/c1-11(2)15(9-5-7-13)10-12-6-3-4-8-14-12/h3-4,6,8,11H,5,7,9-10H2,1-2H3. The number of pyridine rings is 1. The number of rotatable bonds is 6. The number of halogens is 1. The highest BCUT2D eigenvalue weighted by atomic mass is 79.9. The molecule has 0 amide bonds. The van der Waals surface area contributed by atoms with Gasteiger partial charge in [0.05, 0.1) is 5.69 Å². The molecule has 0 fully saturated rings. The summed E-state index contributed by atoms with van der Waals surface area (Å²) in [5.74, 6) is 0. The van der Waals surface area contributed by atoms with Crippen LogP contribution >= 0.6 is 15.9 Å². The molecule has 0 aliphatic carbocycles. The van der Waals surface area contributed by atoms with E-state index >= 15 is 0 Å². The molecule has 0 saturated carbocycles. The molecule has 0 saturated heterocycles. The van der Waals surface area contributed by atoms with Crippen molar-refractivity contribution in [2.45, 2.75) is 32.9 Å². The van der Waals surface area contributed by atoms with Gasteiger partial charge in [0, 0.05) is 24.1 Å². The second-order valence-electron chi connectivity index (χ2n) is 3.93. The van der Waals surface area contributed by atoms with Crippen LogP contribution in [0.2, 0.25) is 0 Å². The Kier molecular flexibility index (Phi) is 5.88. The fraction of sp³-hybridized carbons (Fsp3) is 0.583. The molecule has 0 aliphatic heterocycles. The van der Waals surface area contributed by atoms with Crippen molar-refractivity contribution in [2.24, 2.45) is 0 Å². The van der Waals surface area contributed by atoms with Gasteiger partial charge < -0.3 is 0 Å². The normalized spacial score (nSPS) is 11.3. The summed E-state index contributed by atoms with van der Waals surface area (Å²) < 4.78 is 0. The van der Waals surface area contributed by atoms with Crippen molar-refractivity contribution in [1.29, 1.82) is 0 Å². The minimum atomic E-state index is 0.575. The molecule has 15 heavy (non-hydrogen) atoms. The summed E-state index contributed by atoms with van der Waals surface area (Å²) >= 11 is 3.47. The van der Waals surface area contributed by atoms with Crippen molar-refractivity contribution in [2.75, 3.05) is 11.9 Å². The van der Waals surface area contributed by atoms with Crippen LogP contribution in [0.4, 0.5) is 0 Å². The molecular weight excluding hydrogens is 252 g/mol. The van der Waals surface area contributed by atoms with E-state index in [4.69, 9.17) is 0 Å². The molecule has 0 aliphatic rings. The quantitative estimate of drug-likeness (QED) is 0.739. The molecular formula is C12H19BrN2. The third-order valence-corrected chi connectivity index (χ3v) is 2.96. The predicted molar refractivity (Wildman–Crippen MR) is 68.2 cm³/mol. The molecule has 3 heteroatoms. The van der Waals surface area contributed by atoms with Crippen molar-refractivity contribution in [3.8, 4) is 0 Å². The number of hydrogen-bond acceptors (Lipinski definition) is 2. The number of alkyl halides is 1. The molecule has 0 bridgehead atoms. The summed E-state index contributed by atoms with van der Waals surface area (Å²) in [6.07, 6.45) is 3.04. The molecule has 0 spiro atoms. The van der Waals surface area contributed by atoms with Crippen molar-refractivity contribution >= 4 is 15.9 Å². The van der Waals surface area contributed by atoms with Crippen molar-refractivity contribution < 1.29 is 0 Å². The SMILES string of the molecule is CC(C)N(CCCBr)Cc1ccccn1. The number of nitrogens with zero attached hydrogens (tertiary/aromatic N) is 2. The highest BCUT2D eigenvalue weighted by Gasteiger charge is 2.09. The van der Waals surface area contributed by atoms with E-state index in [0.29, 0.717) is 6.04 Å². The number of hydrogen-bond donors (Lipinski definition) is 0. The van der Waals surface area contributed by atoms with Crippen LogP contribution in [0.3, 0.4) is 0 Å². The van der Waals surface area contributed by atoms with E-state index < -0.39 is 0 Å². The van der Waals surface area contributed by atoms with E-state index in [-0.39, 0.29) is 0 Å². The average Bonchev–Trinajstić information content (AvgIpc) is 2.25. The van der Waals surface area contributed by atoms with E-state index in [0.717, 1.165) is 24.1 Å². The summed E-state index contributed by atoms with van der Waals surface area (Å²) in [6, 6.07) is 6.67. The molecule has 0 atom stereocenters. The molecule has 1 aromatic heterocycles. The highest BCUT2D eigenvalue weighted by Crippen LogP contribution is 2.07. The Morgan fingerprint density at radius 2 is 2.20 bits per heavy atom. The van der Waals surface area contributed by atoms with Gasteiger partial charge in [-0.2, -0.15) is 0 Å². The van der Waals surface area contributed by atoms with Crippen molar-refractivity contribution in [1.82, 2.24) is 9.88 Å². The van der Waals surface area contributed by atoms with Crippen LogP contribution in [0, 0.1) is 0 Å². The van der Waals surface area contributed by atoms with Crippen LogP contribution in [-0.2, 0) is 6.54 Å². The van der Waals surface area contributed by atoms with Crippen LogP contribution in [0.15, 0.2) is 24.4 Å². The summed E-state index contributed by atoms with van der Waals surface area (Å²) in [4.78, 5) is 6.80. The zero-order chi connectivity index (χ0) is 11.1. The van der Waals surface area contributed by atoms with Gasteiger partial charge in [-0.05, 0) is 38.9 Å². The maximum absolute atomic E-state index is 4.36. The Morgan fingerprint density at radius 3 is 2.73 bits per heavy atom. The minimum absolute atomic E-state index is 0.575. The Hall–Kier alpha value is -0.410. The van der Waals surface area contributed by atoms with Gasteiger partial charge in [-0.3, -0.25) is 9.88 Å². The molecule has 0 unspecified atom stereocenters. The van der Waals surface area contributed by atoms with E-state index in [9.17, 15) is 0 Å². The second kappa shape index (κ2) is 6.96. The fourth-order valence-corrected chi connectivity index (χ4v) is 1.73. The van der Waals surface area contributed by atoms with Gasteiger partial charge in [-0.15, -0.1) is 0 Å². The molecule has 1 heterocycles. The van der Waals surface area contributed by atoms with E-state index in [1.807, 2.05) is 18.3 Å². The first kappa shape index (κ1) is 12.7. The van der Waals surface area contributed by atoms with Crippen molar-refractivity contribution in [3.63, 3.8) is 0 Å². The van der Waals surface area contributed by atoms with E-state index in [1.54, 1.807) is 0 Å². The van der Waals surface area contributed by atoms with E-state index in [1.165, 1.54) is 6.42 Å². The molecule has 2 nitrogen and oxygen atoms in total. The Bertz CT molecular complexity index is 262. The van der Waals surface area contributed by atoms with Crippen LogP contribution in [-0.4, -0.2) is 27.8 Å². The van der Waals surface area contributed by atoms with Crippen LogP contribution in [0.25, 0.3) is 0 Å². The van der Waals surface area contributed by atoms with Gasteiger partial charge in [0.25, 0.3) is 0 Å². The molecule has 0 radical (unpaired) electrons. The summed E-state index contributed by atoms with van der Waals surface area (Å²) in [5.41, 5.74) is 1.15. The second-order valence-corrected chi connectivity index (χ2v) is 4.72. The van der Waals surface area contributed by atoms with Gasteiger partial charge in [0.1, 0.15) is 0 Å². The Labute approximate surface area is 101 Å². The largest absolute Gasteiger partial charge is 0.295 e. The first-order valence-electron chi connectivity index (χ1n) is 5.44. The molecule has 1 rings (SSSR count). The highest BCUT2D eigenvalue weighted by molar-refractivity contribution is 9.09. The maximum atomic E-state index is 4.36. The van der Waals surface area contributed by atoms with Crippen LogP contribution in [0.1, 0.15) is 26.0 Å². The summed E-state index contributed by atoms with van der Waals surface area (Å²) in [7, 11) is 0. The first-order chi connectivity index (χ1) is 7.24. The third kappa shape index (κ3) is 4.76. The predicted octanol–water partition coefficient (Wildman–Crippen LogP) is 3.08. The fourth-order valence-electron chi connectivity index (χ4n) is 1.48. The van der Waals surface area contributed by atoms with Gasteiger partial charge in [0.2, 0.25) is 0 Å². The molecule has 1 aromatic rings. The Morgan fingerprint density at radius 1 is 1.40 bits per heavy atom. The van der Waals surface area contributed by atoms with E-state index in [2.05, 4.69) is 45.7 Å². The minimum Gasteiger partial charge on any atom is -0.295 e. The Balaban J connectivity index is 2.51. The lowest BCUT2D eigenvalue weighted by Crippen LogP contribution is -2.31. The molecule has 0 aromatic carbocycles. The first-order valence-corrected chi connectivity index (χ1v) is 6.56. The summed E-state index contributed by atoms with van der Waals surface area (Å²) in [5, 5.41) is 1.07. The van der Waals surface area contributed by atoms with Gasteiger partial charge in [-0.25, -0.2) is 0 Å². The van der Waals surface area contributed by atoms with Crippen LogP contribution < -0.4 is 0 Å². The van der Waals surface area contributed by atoms with Gasteiger partial charge in [0.15, 0.2) is 0 Å².